The van der Waals surface area contributed by atoms with E-state index in [1.807, 2.05) is 6.92 Å². The van der Waals surface area contributed by atoms with Crippen LogP contribution in [-0.4, -0.2) is 42.2 Å². The highest BCUT2D eigenvalue weighted by Gasteiger charge is 2.29. The quantitative estimate of drug-likeness (QED) is 0.672. The van der Waals surface area contributed by atoms with Gasteiger partial charge in [0.05, 0.1) is 37.7 Å². The third kappa shape index (κ3) is 4.55. The standard InChI is InChI=1S/C20H23F2N3O3/c1-3-27-18-11-23-10-17(24-18)14-8-15(21)20(16(22)9-14)25-6-5-13(12-25)7-19(26)28-4-2/h8-11,13H,3-7,12H2,1-2H3. The maximum Gasteiger partial charge on any atom is 0.306 e. The first-order valence-corrected chi connectivity index (χ1v) is 9.36. The van der Waals surface area contributed by atoms with Crippen molar-refractivity contribution >= 4 is 11.7 Å². The van der Waals surface area contributed by atoms with Crippen molar-refractivity contribution < 1.29 is 23.0 Å². The predicted octanol–water partition coefficient (Wildman–Crippen LogP) is 3.60. The Morgan fingerprint density at radius 3 is 2.64 bits per heavy atom. The molecule has 1 fully saturated rings. The molecule has 0 spiro atoms. The molecule has 0 aliphatic carbocycles. The highest BCUT2D eigenvalue weighted by Crippen LogP contribution is 2.33. The summed E-state index contributed by atoms with van der Waals surface area (Å²) in [7, 11) is 0. The van der Waals surface area contributed by atoms with Crippen LogP contribution in [0.5, 0.6) is 5.88 Å². The molecule has 1 saturated heterocycles. The number of carbonyl (C=O) groups is 1. The number of benzene rings is 1. The minimum Gasteiger partial charge on any atom is -0.477 e. The van der Waals surface area contributed by atoms with E-state index in [1.165, 1.54) is 24.5 Å². The van der Waals surface area contributed by atoms with Crippen LogP contribution in [0.3, 0.4) is 0 Å². The zero-order valence-corrected chi connectivity index (χ0v) is 16.0. The number of rotatable bonds is 7. The number of carbonyl (C=O) groups excluding carboxylic acids is 1. The Hall–Kier alpha value is -2.77. The van der Waals surface area contributed by atoms with Crippen molar-refractivity contribution in [3.05, 3.63) is 36.2 Å². The number of nitrogens with zero attached hydrogens (tertiary/aromatic N) is 3. The molecule has 1 unspecified atom stereocenters. The normalized spacial score (nSPS) is 16.3. The van der Waals surface area contributed by atoms with Gasteiger partial charge in [0.15, 0.2) is 0 Å². The lowest BCUT2D eigenvalue weighted by molar-refractivity contribution is -0.144. The Balaban J connectivity index is 1.78. The lowest BCUT2D eigenvalue weighted by atomic mass is 10.1. The molecular formula is C20H23F2N3O3. The van der Waals surface area contributed by atoms with Crippen molar-refractivity contribution in [1.82, 2.24) is 9.97 Å². The molecule has 28 heavy (non-hydrogen) atoms. The highest BCUT2D eigenvalue weighted by atomic mass is 19.1. The first-order valence-electron chi connectivity index (χ1n) is 9.36. The summed E-state index contributed by atoms with van der Waals surface area (Å²) in [6.45, 7) is 5.20. The molecule has 1 aliphatic rings. The molecule has 1 aliphatic heterocycles. The van der Waals surface area contributed by atoms with Gasteiger partial charge in [0.25, 0.3) is 0 Å². The first kappa shape index (κ1) is 20.0. The summed E-state index contributed by atoms with van der Waals surface area (Å²) in [5, 5.41) is 0. The number of hydrogen-bond acceptors (Lipinski definition) is 6. The number of ether oxygens (including phenoxy) is 2. The minimum absolute atomic E-state index is 0.0197. The maximum absolute atomic E-state index is 14.8. The van der Waals surface area contributed by atoms with Crippen LogP contribution in [0.1, 0.15) is 26.7 Å². The second kappa shape index (κ2) is 8.95. The molecule has 8 heteroatoms. The Morgan fingerprint density at radius 1 is 1.21 bits per heavy atom. The average molecular weight is 391 g/mol. The molecule has 3 rings (SSSR count). The van der Waals surface area contributed by atoms with E-state index in [4.69, 9.17) is 9.47 Å². The van der Waals surface area contributed by atoms with Crippen LogP contribution >= 0.6 is 0 Å². The topological polar surface area (TPSA) is 64.5 Å². The van der Waals surface area contributed by atoms with Gasteiger partial charge in [0, 0.05) is 18.7 Å². The van der Waals surface area contributed by atoms with Crippen LogP contribution in [-0.2, 0) is 9.53 Å². The van der Waals surface area contributed by atoms with Crippen molar-refractivity contribution in [3.63, 3.8) is 0 Å². The van der Waals surface area contributed by atoms with Gasteiger partial charge in [0.2, 0.25) is 5.88 Å². The largest absolute Gasteiger partial charge is 0.477 e. The third-order valence-corrected chi connectivity index (χ3v) is 4.58. The van der Waals surface area contributed by atoms with E-state index < -0.39 is 11.6 Å². The van der Waals surface area contributed by atoms with Gasteiger partial charge in [-0.1, -0.05) is 0 Å². The monoisotopic (exact) mass is 391 g/mol. The van der Waals surface area contributed by atoms with Gasteiger partial charge in [-0.3, -0.25) is 9.78 Å². The van der Waals surface area contributed by atoms with Gasteiger partial charge in [-0.05, 0) is 38.3 Å². The molecule has 0 N–H and O–H groups in total. The summed E-state index contributed by atoms with van der Waals surface area (Å²) < 4.78 is 39.8. The second-order valence-corrected chi connectivity index (χ2v) is 6.57. The van der Waals surface area contributed by atoms with Gasteiger partial charge in [-0.25, -0.2) is 13.8 Å². The lowest BCUT2D eigenvalue weighted by Crippen LogP contribution is -2.23. The number of anilines is 1. The summed E-state index contributed by atoms with van der Waals surface area (Å²) in [5.41, 5.74) is 0.538. The molecule has 1 aromatic heterocycles. The van der Waals surface area contributed by atoms with E-state index in [2.05, 4.69) is 9.97 Å². The van der Waals surface area contributed by atoms with Crippen molar-refractivity contribution in [2.45, 2.75) is 26.7 Å². The van der Waals surface area contributed by atoms with E-state index in [0.717, 1.165) is 0 Å². The van der Waals surface area contributed by atoms with Crippen LogP contribution in [0.15, 0.2) is 24.5 Å². The molecule has 2 aromatic rings. The molecule has 2 heterocycles. The maximum atomic E-state index is 14.8. The number of hydrogen-bond donors (Lipinski definition) is 0. The first-order chi connectivity index (χ1) is 13.5. The van der Waals surface area contributed by atoms with E-state index in [1.54, 1.807) is 11.8 Å². The zero-order valence-electron chi connectivity index (χ0n) is 16.0. The Labute approximate surface area is 162 Å². The fourth-order valence-electron chi connectivity index (χ4n) is 3.38. The number of halogens is 2. The van der Waals surface area contributed by atoms with Crippen molar-refractivity contribution in [1.29, 1.82) is 0 Å². The van der Waals surface area contributed by atoms with Gasteiger partial charge < -0.3 is 14.4 Å². The van der Waals surface area contributed by atoms with Gasteiger partial charge >= 0.3 is 5.97 Å². The molecule has 6 nitrogen and oxygen atoms in total. The minimum atomic E-state index is -0.671. The van der Waals surface area contributed by atoms with Crippen LogP contribution in [0.25, 0.3) is 11.3 Å². The smallest absolute Gasteiger partial charge is 0.306 e. The van der Waals surface area contributed by atoms with E-state index in [-0.39, 0.29) is 29.6 Å². The predicted molar refractivity (Wildman–Crippen MR) is 100 cm³/mol. The molecule has 0 amide bonds. The van der Waals surface area contributed by atoms with Crippen molar-refractivity contribution in [2.24, 2.45) is 5.92 Å². The van der Waals surface area contributed by atoms with Crippen molar-refractivity contribution in [3.8, 4) is 17.1 Å². The number of esters is 1. The van der Waals surface area contributed by atoms with Gasteiger partial charge in [0.1, 0.15) is 17.3 Å². The number of aromatic nitrogens is 2. The molecule has 150 valence electrons. The fourth-order valence-corrected chi connectivity index (χ4v) is 3.38. The van der Waals surface area contributed by atoms with Crippen LogP contribution < -0.4 is 9.64 Å². The fraction of sp³-hybridized carbons (Fsp3) is 0.450. The molecule has 1 aromatic carbocycles. The van der Waals surface area contributed by atoms with Crippen LogP contribution in [0.4, 0.5) is 14.5 Å². The van der Waals surface area contributed by atoms with E-state index in [0.29, 0.717) is 44.3 Å². The molecule has 0 radical (unpaired) electrons. The second-order valence-electron chi connectivity index (χ2n) is 6.57. The third-order valence-electron chi connectivity index (χ3n) is 4.58. The molecule has 0 saturated carbocycles. The summed E-state index contributed by atoms with van der Waals surface area (Å²) in [5.74, 6) is -1.30. The summed E-state index contributed by atoms with van der Waals surface area (Å²) in [6.07, 6.45) is 3.82. The summed E-state index contributed by atoms with van der Waals surface area (Å²) in [4.78, 5) is 21.5. The average Bonchev–Trinajstić information content (AvgIpc) is 3.09. The van der Waals surface area contributed by atoms with E-state index >= 15 is 0 Å². The van der Waals surface area contributed by atoms with Gasteiger partial charge in [-0.15, -0.1) is 0 Å². The zero-order chi connectivity index (χ0) is 20.1. The Kier molecular flexibility index (Phi) is 6.38. The van der Waals surface area contributed by atoms with E-state index in [9.17, 15) is 13.6 Å². The molecule has 1 atom stereocenters. The Morgan fingerprint density at radius 2 is 1.96 bits per heavy atom. The lowest BCUT2D eigenvalue weighted by Gasteiger charge is -2.20. The summed E-state index contributed by atoms with van der Waals surface area (Å²) in [6, 6.07) is 2.49. The summed E-state index contributed by atoms with van der Waals surface area (Å²) >= 11 is 0. The molecule has 0 bridgehead atoms. The van der Waals surface area contributed by atoms with Gasteiger partial charge in [-0.2, -0.15) is 0 Å². The highest BCUT2D eigenvalue weighted by molar-refractivity contribution is 5.70. The van der Waals surface area contributed by atoms with Crippen LogP contribution in [0.2, 0.25) is 0 Å². The molecular weight excluding hydrogens is 368 g/mol. The Bertz CT molecular complexity index is 824. The van der Waals surface area contributed by atoms with Crippen molar-refractivity contribution in [2.75, 3.05) is 31.2 Å². The van der Waals surface area contributed by atoms with Crippen LogP contribution in [0, 0.1) is 17.6 Å². The SMILES string of the molecule is CCOC(=O)CC1CCN(c2c(F)cc(-c3cncc(OCC)n3)cc2F)C1.